The van der Waals surface area contributed by atoms with Crippen LogP contribution in [0.4, 0.5) is 0 Å². The molecule has 1 unspecified atom stereocenters. The van der Waals surface area contributed by atoms with Crippen LogP contribution in [0, 0.1) is 11.3 Å². The maximum atomic E-state index is 8.74. The predicted molar refractivity (Wildman–Crippen MR) is 68.9 cm³/mol. The summed E-state index contributed by atoms with van der Waals surface area (Å²) in [6.45, 7) is 4.18. The Labute approximate surface area is 103 Å². The number of nitrogens with zero attached hydrogens (tertiary/aromatic N) is 1. The summed E-state index contributed by atoms with van der Waals surface area (Å²) in [4.78, 5) is 0. The van der Waals surface area contributed by atoms with Crippen LogP contribution in [0.5, 0.6) is 5.75 Å². The van der Waals surface area contributed by atoms with Gasteiger partial charge in [0.1, 0.15) is 5.75 Å². The fourth-order valence-corrected chi connectivity index (χ4v) is 1.90. The van der Waals surface area contributed by atoms with Crippen LogP contribution in [0.3, 0.4) is 0 Å². The Hall–Kier alpha value is -1.53. The van der Waals surface area contributed by atoms with Gasteiger partial charge in [-0.1, -0.05) is 25.1 Å². The lowest BCUT2D eigenvalue weighted by Gasteiger charge is -2.22. The van der Waals surface area contributed by atoms with E-state index < -0.39 is 0 Å². The van der Waals surface area contributed by atoms with Crippen molar-refractivity contribution in [1.82, 2.24) is 5.32 Å². The highest BCUT2D eigenvalue weighted by Crippen LogP contribution is 2.25. The summed E-state index contributed by atoms with van der Waals surface area (Å²) in [5.74, 6) is 0.888. The van der Waals surface area contributed by atoms with Crippen LogP contribution in [-0.4, -0.2) is 13.2 Å². The SMILES string of the molecule is CCC(CC#N)N[C@H](C)c1ccccc1OC. The average Bonchev–Trinajstić information content (AvgIpc) is 2.38. The molecule has 2 atom stereocenters. The van der Waals surface area contributed by atoms with Crippen molar-refractivity contribution in [2.75, 3.05) is 7.11 Å². The van der Waals surface area contributed by atoms with E-state index >= 15 is 0 Å². The van der Waals surface area contributed by atoms with E-state index in [-0.39, 0.29) is 12.1 Å². The molecule has 1 aromatic rings. The summed E-state index contributed by atoms with van der Waals surface area (Å²) in [6.07, 6.45) is 1.49. The number of nitriles is 1. The van der Waals surface area contributed by atoms with Crippen molar-refractivity contribution < 1.29 is 4.74 Å². The summed E-state index contributed by atoms with van der Waals surface area (Å²) in [6, 6.07) is 10.6. The van der Waals surface area contributed by atoms with E-state index in [0.29, 0.717) is 6.42 Å². The third-order valence-electron chi connectivity index (χ3n) is 2.92. The third-order valence-corrected chi connectivity index (χ3v) is 2.92. The second-order valence-corrected chi connectivity index (χ2v) is 4.10. The number of hydrogen-bond donors (Lipinski definition) is 1. The van der Waals surface area contributed by atoms with Gasteiger partial charge >= 0.3 is 0 Å². The summed E-state index contributed by atoms with van der Waals surface area (Å²) in [5.41, 5.74) is 1.13. The van der Waals surface area contributed by atoms with E-state index in [1.807, 2.05) is 18.2 Å². The van der Waals surface area contributed by atoms with E-state index in [9.17, 15) is 0 Å². The zero-order valence-electron chi connectivity index (χ0n) is 10.7. The number of rotatable bonds is 6. The Bertz CT molecular complexity index is 384. The molecule has 1 N–H and O–H groups in total. The Kier molecular flexibility index (Phi) is 5.51. The minimum atomic E-state index is 0.185. The molecule has 92 valence electrons. The van der Waals surface area contributed by atoms with Gasteiger partial charge in [-0.05, 0) is 19.4 Å². The topological polar surface area (TPSA) is 45.0 Å². The first-order valence-electron chi connectivity index (χ1n) is 5.98. The summed E-state index contributed by atoms with van der Waals surface area (Å²) >= 11 is 0. The molecule has 0 spiro atoms. The molecule has 0 saturated carbocycles. The number of methoxy groups -OCH3 is 1. The molecule has 3 nitrogen and oxygen atoms in total. The normalized spacial score (nSPS) is 13.8. The zero-order valence-corrected chi connectivity index (χ0v) is 10.7. The standard InChI is InChI=1S/C14H20N2O/c1-4-12(9-10-15)16-11(2)13-7-5-6-8-14(13)17-3/h5-8,11-12,16H,4,9H2,1-3H3/t11-,12?/m1/s1. The lowest BCUT2D eigenvalue weighted by Crippen LogP contribution is -2.30. The second kappa shape index (κ2) is 6.93. The van der Waals surface area contributed by atoms with Gasteiger partial charge in [-0.2, -0.15) is 5.26 Å². The van der Waals surface area contributed by atoms with Crippen molar-refractivity contribution in [3.05, 3.63) is 29.8 Å². The van der Waals surface area contributed by atoms with Crippen molar-refractivity contribution in [2.24, 2.45) is 0 Å². The maximum absolute atomic E-state index is 8.74. The smallest absolute Gasteiger partial charge is 0.123 e. The van der Waals surface area contributed by atoms with Gasteiger partial charge in [0.15, 0.2) is 0 Å². The van der Waals surface area contributed by atoms with Crippen molar-refractivity contribution in [3.8, 4) is 11.8 Å². The molecule has 0 radical (unpaired) electrons. The van der Waals surface area contributed by atoms with E-state index in [2.05, 4.69) is 31.3 Å². The van der Waals surface area contributed by atoms with Gasteiger partial charge in [-0.25, -0.2) is 0 Å². The molecular formula is C14H20N2O. The largest absolute Gasteiger partial charge is 0.496 e. The van der Waals surface area contributed by atoms with Crippen molar-refractivity contribution in [3.63, 3.8) is 0 Å². The minimum Gasteiger partial charge on any atom is -0.496 e. The van der Waals surface area contributed by atoms with Crippen LogP contribution in [0.1, 0.15) is 38.3 Å². The van der Waals surface area contributed by atoms with Gasteiger partial charge < -0.3 is 10.1 Å². The summed E-state index contributed by atoms with van der Waals surface area (Å²) < 4.78 is 5.34. The van der Waals surface area contributed by atoms with Gasteiger partial charge in [0.25, 0.3) is 0 Å². The Morgan fingerprint density at radius 1 is 1.41 bits per heavy atom. The number of nitrogens with one attached hydrogen (secondary N) is 1. The zero-order chi connectivity index (χ0) is 12.7. The quantitative estimate of drug-likeness (QED) is 0.820. The molecule has 3 heteroatoms. The van der Waals surface area contributed by atoms with Gasteiger partial charge in [0, 0.05) is 17.6 Å². The fraction of sp³-hybridized carbons (Fsp3) is 0.500. The molecule has 0 aliphatic heterocycles. The van der Waals surface area contributed by atoms with Gasteiger partial charge in [-0.15, -0.1) is 0 Å². The monoisotopic (exact) mass is 232 g/mol. The highest BCUT2D eigenvalue weighted by Gasteiger charge is 2.14. The number of benzene rings is 1. The molecule has 0 aliphatic rings. The first-order valence-corrected chi connectivity index (χ1v) is 5.98. The Morgan fingerprint density at radius 3 is 2.71 bits per heavy atom. The molecule has 17 heavy (non-hydrogen) atoms. The van der Waals surface area contributed by atoms with Crippen LogP contribution >= 0.6 is 0 Å². The molecule has 0 amide bonds. The number of para-hydroxylation sites is 1. The van der Waals surface area contributed by atoms with Crippen LogP contribution < -0.4 is 10.1 Å². The molecule has 0 bridgehead atoms. The molecule has 1 aromatic carbocycles. The lowest BCUT2D eigenvalue weighted by atomic mass is 10.0. The van der Waals surface area contributed by atoms with Crippen LogP contribution in [0.25, 0.3) is 0 Å². The van der Waals surface area contributed by atoms with Crippen molar-refractivity contribution >= 4 is 0 Å². The minimum absolute atomic E-state index is 0.185. The molecule has 0 fully saturated rings. The Balaban J connectivity index is 2.75. The number of ether oxygens (including phenoxy) is 1. The van der Waals surface area contributed by atoms with Crippen LogP contribution in [0.15, 0.2) is 24.3 Å². The molecule has 0 aromatic heterocycles. The number of hydrogen-bond acceptors (Lipinski definition) is 3. The highest BCUT2D eigenvalue weighted by molar-refractivity contribution is 5.35. The van der Waals surface area contributed by atoms with Crippen LogP contribution in [0.2, 0.25) is 0 Å². The third kappa shape index (κ3) is 3.76. The van der Waals surface area contributed by atoms with Crippen LogP contribution in [-0.2, 0) is 0 Å². The summed E-state index contributed by atoms with van der Waals surface area (Å²) in [7, 11) is 1.68. The first kappa shape index (κ1) is 13.5. The highest BCUT2D eigenvalue weighted by atomic mass is 16.5. The van der Waals surface area contributed by atoms with E-state index in [0.717, 1.165) is 17.7 Å². The second-order valence-electron chi connectivity index (χ2n) is 4.10. The molecular weight excluding hydrogens is 212 g/mol. The molecule has 0 aliphatic carbocycles. The van der Waals surface area contributed by atoms with Gasteiger partial charge in [-0.3, -0.25) is 0 Å². The van der Waals surface area contributed by atoms with Crippen molar-refractivity contribution in [2.45, 2.75) is 38.8 Å². The van der Waals surface area contributed by atoms with E-state index in [4.69, 9.17) is 10.00 Å². The summed E-state index contributed by atoms with van der Waals surface area (Å²) in [5, 5.41) is 12.2. The fourth-order valence-electron chi connectivity index (χ4n) is 1.90. The Morgan fingerprint density at radius 2 is 2.12 bits per heavy atom. The van der Waals surface area contributed by atoms with Gasteiger partial charge in [0.05, 0.1) is 19.6 Å². The maximum Gasteiger partial charge on any atom is 0.123 e. The lowest BCUT2D eigenvalue weighted by molar-refractivity contribution is 0.391. The van der Waals surface area contributed by atoms with E-state index in [1.54, 1.807) is 7.11 Å². The average molecular weight is 232 g/mol. The molecule has 0 heterocycles. The first-order chi connectivity index (χ1) is 8.22. The van der Waals surface area contributed by atoms with Crippen molar-refractivity contribution in [1.29, 1.82) is 5.26 Å². The predicted octanol–water partition coefficient (Wildman–Crippen LogP) is 3.04. The molecule has 0 saturated heterocycles. The van der Waals surface area contributed by atoms with Gasteiger partial charge in [0.2, 0.25) is 0 Å². The molecule has 1 rings (SSSR count). The van der Waals surface area contributed by atoms with E-state index in [1.165, 1.54) is 0 Å².